The summed E-state index contributed by atoms with van der Waals surface area (Å²) in [5.41, 5.74) is 1.01. The molecule has 0 spiro atoms. The van der Waals surface area contributed by atoms with Crippen molar-refractivity contribution in [2.75, 3.05) is 0 Å². The van der Waals surface area contributed by atoms with Crippen LogP contribution in [0.3, 0.4) is 0 Å². The normalized spacial score (nSPS) is 21.5. The summed E-state index contributed by atoms with van der Waals surface area (Å²) in [6, 6.07) is 10.2. The molecule has 0 radical (unpaired) electrons. The molecule has 0 bridgehead atoms. The molecule has 1 aliphatic carbocycles. The molecule has 0 unspecified atom stereocenters. The average Bonchev–Trinajstić information content (AvgIpc) is 3.27. The molecule has 1 fully saturated rings. The van der Waals surface area contributed by atoms with Gasteiger partial charge in [-0.25, -0.2) is 9.67 Å². The van der Waals surface area contributed by atoms with Gasteiger partial charge in [-0.05, 0) is 24.8 Å². The summed E-state index contributed by atoms with van der Waals surface area (Å²) in [5, 5.41) is 10.9. The maximum atomic E-state index is 12.7. The zero-order valence-electron chi connectivity index (χ0n) is 13.0. The first-order valence-corrected chi connectivity index (χ1v) is 8.27. The van der Waals surface area contributed by atoms with E-state index < -0.39 is 0 Å². The van der Waals surface area contributed by atoms with Gasteiger partial charge in [0.15, 0.2) is 0 Å². The molecule has 1 saturated carbocycles. The third-order valence-electron chi connectivity index (χ3n) is 4.53. The van der Waals surface area contributed by atoms with Crippen molar-refractivity contribution in [1.82, 2.24) is 25.4 Å². The van der Waals surface area contributed by atoms with Gasteiger partial charge >= 0.3 is 0 Å². The fourth-order valence-electron chi connectivity index (χ4n) is 3.09. The van der Waals surface area contributed by atoms with Crippen LogP contribution >= 0.6 is 0 Å². The lowest BCUT2D eigenvalue weighted by atomic mass is 10.0. The Morgan fingerprint density at radius 2 is 2.00 bits per heavy atom. The van der Waals surface area contributed by atoms with Crippen LogP contribution in [0.1, 0.15) is 36.7 Å². The van der Waals surface area contributed by atoms with Gasteiger partial charge in [-0.3, -0.25) is 10.1 Å². The monoisotopic (exact) mass is 311 g/mol. The topological polar surface area (TPSA) is 71.8 Å². The second-order valence-corrected chi connectivity index (χ2v) is 6.39. The van der Waals surface area contributed by atoms with E-state index in [-0.39, 0.29) is 18.0 Å². The molecular weight excluding hydrogens is 290 g/mol. The molecule has 2 aliphatic rings. The number of nitrogens with one attached hydrogen (secondary N) is 2. The summed E-state index contributed by atoms with van der Waals surface area (Å²) in [7, 11) is 0. The Kier molecular flexibility index (Phi) is 3.83. The smallest absolute Gasteiger partial charge is 0.241 e. The van der Waals surface area contributed by atoms with Gasteiger partial charge in [0.25, 0.3) is 0 Å². The number of rotatable bonds is 5. The molecule has 0 saturated heterocycles. The molecule has 1 aliphatic heterocycles. The Bertz CT molecular complexity index is 679. The lowest BCUT2D eigenvalue weighted by Crippen LogP contribution is -2.46. The Labute approximate surface area is 135 Å². The van der Waals surface area contributed by atoms with Crippen LogP contribution in [0.2, 0.25) is 0 Å². The van der Waals surface area contributed by atoms with Crippen LogP contribution in [-0.4, -0.2) is 32.8 Å². The fourth-order valence-corrected chi connectivity index (χ4v) is 3.09. The first kappa shape index (κ1) is 14.4. The van der Waals surface area contributed by atoms with Crippen molar-refractivity contribution in [2.45, 2.75) is 50.4 Å². The standard InChI is InChI=1S/C17H21N5O/c23-17(21-13-6-7-13)16(12-4-2-1-3-5-12)20-14-8-9-15-18-11-19-22(15)10-14/h1-5,11,13-14,16,20H,6-10H2,(H,21,23)/t14-,16-/m0/s1. The minimum absolute atomic E-state index is 0.0723. The molecule has 23 heavy (non-hydrogen) atoms. The largest absolute Gasteiger partial charge is 0.352 e. The van der Waals surface area contributed by atoms with Gasteiger partial charge in [0.05, 0.1) is 6.54 Å². The molecule has 4 rings (SSSR count). The number of hydrogen-bond acceptors (Lipinski definition) is 4. The number of carbonyl (C=O) groups is 1. The molecule has 2 atom stereocenters. The quantitative estimate of drug-likeness (QED) is 0.870. The summed E-state index contributed by atoms with van der Waals surface area (Å²) in [5.74, 6) is 1.10. The van der Waals surface area contributed by atoms with Crippen LogP contribution < -0.4 is 10.6 Å². The Balaban J connectivity index is 1.50. The van der Waals surface area contributed by atoms with E-state index in [4.69, 9.17) is 0 Å². The van der Waals surface area contributed by atoms with Crippen molar-refractivity contribution >= 4 is 5.91 Å². The maximum Gasteiger partial charge on any atom is 0.241 e. The number of amides is 1. The van der Waals surface area contributed by atoms with Gasteiger partial charge in [0.1, 0.15) is 18.2 Å². The zero-order valence-corrected chi connectivity index (χ0v) is 13.0. The van der Waals surface area contributed by atoms with Gasteiger partial charge in [0.2, 0.25) is 5.91 Å². The van der Waals surface area contributed by atoms with Crippen LogP contribution in [-0.2, 0) is 17.8 Å². The van der Waals surface area contributed by atoms with Crippen molar-refractivity contribution in [3.05, 3.63) is 48.0 Å². The second kappa shape index (κ2) is 6.12. The third kappa shape index (κ3) is 3.27. The van der Waals surface area contributed by atoms with Crippen molar-refractivity contribution in [3.8, 4) is 0 Å². The molecule has 1 aromatic heterocycles. The van der Waals surface area contributed by atoms with E-state index in [1.54, 1.807) is 6.33 Å². The highest BCUT2D eigenvalue weighted by Crippen LogP contribution is 2.22. The van der Waals surface area contributed by atoms with Gasteiger partial charge < -0.3 is 5.32 Å². The van der Waals surface area contributed by atoms with E-state index in [9.17, 15) is 4.79 Å². The molecule has 2 N–H and O–H groups in total. The highest BCUT2D eigenvalue weighted by molar-refractivity contribution is 5.83. The number of hydrogen-bond donors (Lipinski definition) is 2. The number of fused-ring (bicyclic) bond motifs is 1. The van der Waals surface area contributed by atoms with Crippen molar-refractivity contribution in [1.29, 1.82) is 0 Å². The van der Waals surface area contributed by atoms with Gasteiger partial charge in [-0.2, -0.15) is 5.10 Å². The number of benzene rings is 1. The minimum Gasteiger partial charge on any atom is -0.352 e. The SMILES string of the molecule is O=C(NC1CC1)[C@@H](N[C@H]1CCc2ncnn2C1)c1ccccc1. The first-order chi connectivity index (χ1) is 11.3. The van der Waals surface area contributed by atoms with E-state index in [1.165, 1.54) is 0 Å². The highest BCUT2D eigenvalue weighted by Gasteiger charge is 2.30. The van der Waals surface area contributed by atoms with Crippen LogP contribution in [0.5, 0.6) is 0 Å². The van der Waals surface area contributed by atoms with E-state index >= 15 is 0 Å². The van der Waals surface area contributed by atoms with Crippen LogP contribution in [0.15, 0.2) is 36.7 Å². The van der Waals surface area contributed by atoms with E-state index in [0.717, 1.165) is 43.6 Å². The fraction of sp³-hybridized carbons (Fsp3) is 0.471. The van der Waals surface area contributed by atoms with Gasteiger partial charge in [-0.15, -0.1) is 0 Å². The average molecular weight is 311 g/mol. The molecule has 6 heteroatoms. The minimum atomic E-state index is -0.313. The van der Waals surface area contributed by atoms with E-state index in [0.29, 0.717) is 6.04 Å². The second-order valence-electron chi connectivity index (χ2n) is 6.39. The molecule has 1 aromatic carbocycles. The molecular formula is C17H21N5O. The Morgan fingerprint density at radius 1 is 1.17 bits per heavy atom. The Hall–Kier alpha value is -2.21. The summed E-state index contributed by atoms with van der Waals surface area (Å²) >= 11 is 0. The molecule has 6 nitrogen and oxygen atoms in total. The lowest BCUT2D eigenvalue weighted by molar-refractivity contribution is -0.123. The highest BCUT2D eigenvalue weighted by atomic mass is 16.2. The predicted molar refractivity (Wildman–Crippen MR) is 85.6 cm³/mol. The Morgan fingerprint density at radius 3 is 2.78 bits per heavy atom. The summed E-state index contributed by atoms with van der Waals surface area (Å²) in [6.07, 6.45) is 5.66. The van der Waals surface area contributed by atoms with E-state index in [2.05, 4.69) is 20.7 Å². The predicted octanol–water partition coefficient (Wildman–Crippen LogP) is 1.20. The lowest BCUT2D eigenvalue weighted by Gasteiger charge is -2.28. The molecule has 2 aromatic rings. The molecule has 2 heterocycles. The van der Waals surface area contributed by atoms with E-state index in [1.807, 2.05) is 35.0 Å². The number of aromatic nitrogens is 3. The van der Waals surface area contributed by atoms with Crippen LogP contribution in [0.25, 0.3) is 0 Å². The maximum absolute atomic E-state index is 12.7. The number of nitrogens with zero attached hydrogens (tertiary/aromatic N) is 3. The summed E-state index contributed by atoms with van der Waals surface area (Å²) in [6.45, 7) is 0.759. The number of carbonyl (C=O) groups excluding carboxylic acids is 1. The summed E-state index contributed by atoms with van der Waals surface area (Å²) in [4.78, 5) is 16.9. The van der Waals surface area contributed by atoms with Gasteiger partial charge in [0, 0.05) is 18.5 Å². The van der Waals surface area contributed by atoms with Crippen LogP contribution in [0, 0.1) is 0 Å². The third-order valence-corrected chi connectivity index (χ3v) is 4.53. The number of aryl methyl sites for hydroxylation is 1. The van der Waals surface area contributed by atoms with Crippen molar-refractivity contribution < 1.29 is 4.79 Å². The van der Waals surface area contributed by atoms with Crippen molar-refractivity contribution in [3.63, 3.8) is 0 Å². The van der Waals surface area contributed by atoms with Crippen LogP contribution in [0.4, 0.5) is 0 Å². The summed E-state index contributed by atoms with van der Waals surface area (Å²) < 4.78 is 1.93. The zero-order chi connectivity index (χ0) is 15.6. The van der Waals surface area contributed by atoms with Gasteiger partial charge in [-0.1, -0.05) is 30.3 Å². The molecule has 120 valence electrons. The molecule has 1 amide bonds. The van der Waals surface area contributed by atoms with Crippen molar-refractivity contribution in [2.24, 2.45) is 0 Å². The first-order valence-electron chi connectivity index (χ1n) is 8.27.